The quantitative estimate of drug-likeness (QED) is 0.684. The fourth-order valence-electron chi connectivity index (χ4n) is 1.62. The molecule has 1 aliphatic rings. The zero-order chi connectivity index (χ0) is 11.8. The SMILES string of the molecule is [2H]C([2H])([2H])n1cc(C2CCNC(=O)C2)cn1. The van der Waals surface area contributed by atoms with Gasteiger partial charge in [-0.15, -0.1) is 0 Å². The van der Waals surface area contributed by atoms with Crippen LogP contribution in [0.4, 0.5) is 0 Å². The van der Waals surface area contributed by atoms with Gasteiger partial charge in [-0.2, -0.15) is 5.10 Å². The monoisotopic (exact) mass is 182 g/mol. The molecule has 1 aliphatic heterocycles. The molecule has 1 aromatic heterocycles. The molecule has 1 unspecified atom stereocenters. The van der Waals surface area contributed by atoms with Crippen LogP contribution in [-0.2, 0) is 11.8 Å². The number of amides is 1. The van der Waals surface area contributed by atoms with Crippen molar-refractivity contribution in [2.24, 2.45) is 6.98 Å². The van der Waals surface area contributed by atoms with Crippen molar-refractivity contribution in [1.82, 2.24) is 15.1 Å². The Kier molecular flexibility index (Phi) is 1.33. The van der Waals surface area contributed by atoms with E-state index in [2.05, 4.69) is 10.4 Å². The standard InChI is InChI=1S/C9H13N3O/c1-12-6-8(5-11-12)7-2-3-10-9(13)4-7/h5-7H,2-4H2,1H3,(H,10,13)/i1D3. The van der Waals surface area contributed by atoms with Crippen LogP contribution in [0.1, 0.15) is 28.4 Å². The van der Waals surface area contributed by atoms with Gasteiger partial charge in [0.2, 0.25) is 5.91 Å². The minimum absolute atomic E-state index is 0.0119. The fraction of sp³-hybridized carbons (Fsp3) is 0.556. The highest BCUT2D eigenvalue weighted by Gasteiger charge is 2.21. The summed E-state index contributed by atoms with van der Waals surface area (Å²) in [6.45, 7) is -1.60. The third kappa shape index (κ3) is 1.71. The number of aromatic nitrogens is 2. The predicted octanol–water partition coefficient (Wildman–Crippen LogP) is 0.414. The second-order valence-electron chi connectivity index (χ2n) is 3.26. The number of aryl methyl sites for hydroxylation is 1. The lowest BCUT2D eigenvalue weighted by Gasteiger charge is -2.20. The van der Waals surface area contributed by atoms with Crippen LogP contribution in [0, 0.1) is 0 Å². The number of piperidine rings is 1. The van der Waals surface area contributed by atoms with Gasteiger partial charge in [-0.05, 0) is 17.9 Å². The third-order valence-electron chi connectivity index (χ3n) is 2.32. The third-order valence-corrected chi connectivity index (χ3v) is 2.32. The number of carbonyl (C=O) groups excluding carboxylic acids is 1. The molecule has 2 heterocycles. The van der Waals surface area contributed by atoms with E-state index in [0.29, 0.717) is 13.0 Å². The topological polar surface area (TPSA) is 46.9 Å². The van der Waals surface area contributed by atoms with Crippen molar-refractivity contribution in [3.63, 3.8) is 0 Å². The van der Waals surface area contributed by atoms with Crippen LogP contribution in [-0.4, -0.2) is 22.2 Å². The van der Waals surface area contributed by atoms with Crippen LogP contribution in [0.15, 0.2) is 12.4 Å². The van der Waals surface area contributed by atoms with Gasteiger partial charge in [0.1, 0.15) is 0 Å². The predicted molar refractivity (Wildman–Crippen MR) is 48.2 cm³/mol. The summed E-state index contributed by atoms with van der Waals surface area (Å²) < 4.78 is 22.6. The van der Waals surface area contributed by atoms with Crippen molar-refractivity contribution in [2.45, 2.75) is 18.8 Å². The Hall–Kier alpha value is -1.32. The molecule has 4 nitrogen and oxygen atoms in total. The van der Waals surface area contributed by atoms with Gasteiger partial charge in [0.05, 0.1) is 6.20 Å². The summed E-state index contributed by atoms with van der Waals surface area (Å²) in [5.41, 5.74) is 0.825. The maximum atomic E-state index is 11.2. The molecule has 0 radical (unpaired) electrons. The molecule has 4 heteroatoms. The van der Waals surface area contributed by atoms with Crippen molar-refractivity contribution in [3.05, 3.63) is 18.0 Å². The van der Waals surface area contributed by atoms with Crippen molar-refractivity contribution < 1.29 is 8.91 Å². The van der Waals surface area contributed by atoms with E-state index in [4.69, 9.17) is 4.11 Å². The van der Waals surface area contributed by atoms with E-state index in [1.54, 1.807) is 0 Å². The smallest absolute Gasteiger partial charge is 0.220 e. The van der Waals surface area contributed by atoms with Gasteiger partial charge in [-0.1, -0.05) is 0 Å². The van der Waals surface area contributed by atoms with E-state index in [1.807, 2.05) is 0 Å². The first-order valence-electron chi connectivity index (χ1n) is 5.78. The van der Waals surface area contributed by atoms with Crippen LogP contribution >= 0.6 is 0 Å². The largest absolute Gasteiger partial charge is 0.356 e. The fourth-order valence-corrected chi connectivity index (χ4v) is 1.62. The molecule has 13 heavy (non-hydrogen) atoms. The van der Waals surface area contributed by atoms with E-state index < -0.39 is 6.98 Å². The number of rotatable bonds is 1. The summed E-state index contributed by atoms with van der Waals surface area (Å²) in [4.78, 5) is 11.2. The Morgan fingerprint density at radius 3 is 3.46 bits per heavy atom. The molecular formula is C9H13N3O. The van der Waals surface area contributed by atoms with E-state index in [0.717, 1.165) is 16.7 Å². The molecule has 2 rings (SSSR count). The second kappa shape index (κ2) is 3.20. The van der Waals surface area contributed by atoms with Crippen LogP contribution in [0.2, 0.25) is 0 Å². The highest BCUT2D eigenvalue weighted by atomic mass is 16.1. The Bertz CT molecular complexity index is 399. The molecule has 1 fully saturated rings. The molecule has 1 aromatic rings. The summed E-state index contributed by atoms with van der Waals surface area (Å²) in [7, 11) is 0. The van der Waals surface area contributed by atoms with Gasteiger partial charge in [0.25, 0.3) is 0 Å². The molecule has 1 amide bonds. The van der Waals surface area contributed by atoms with E-state index in [9.17, 15) is 4.79 Å². The van der Waals surface area contributed by atoms with Gasteiger partial charge in [-0.25, -0.2) is 0 Å². The lowest BCUT2D eigenvalue weighted by Crippen LogP contribution is -2.32. The van der Waals surface area contributed by atoms with Gasteiger partial charge in [0, 0.05) is 30.3 Å². The maximum absolute atomic E-state index is 11.2. The van der Waals surface area contributed by atoms with E-state index in [-0.39, 0.29) is 11.8 Å². The molecule has 1 atom stereocenters. The summed E-state index contributed by atoms with van der Waals surface area (Å²) in [5, 5.41) is 6.55. The van der Waals surface area contributed by atoms with Crippen LogP contribution in [0.5, 0.6) is 0 Å². The van der Waals surface area contributed by atoms with E-state index >= 15 is 0 Å². The second-order valence-corrected chi connectivity index (χ2v) is 3.26. The highest BCUT2D eigenvalue weighted by Crippen LogP contribution is 2.24. The van der Waals surface area contributed by atoms with Gasteiger partial charge in [-0.3, -0.25) is 9.48 Å². The highest BCUT2D eigenvalue weighted by molar-refractivity contribution is 5.77. The minimum Gasteiger partial charge on any atom is -0.356 e. The lowest BCUT2D eigenvalue weighted by atomic mass is 9.92. The first-order valence-corrected chi connectivity index (χ1v) is 4.28. The zero-order valence-electron chi connectivity index (χ0n) is 10.2. The van der Waals surface area contributed by atoms with Crippen molar-refractivity contribution in [3.8, 4) is 0 Å². The first kappa shape index (κ1) is 5.42. The van der Waals surface area contributed by atoms with E-state index in [1.165, 1.54) is 12.4 Å². The van der Waals surface area contributed by atoms with Crippen molar-refractivity contribution >= 4 is 5.91 Å². The van der Waals surface area contributed by atoms with Gasteiger partial charge in [0.15, 0.2) is 0 Å². The Balaban J connectivity index is 2.15. The Morgan fingerprint density at radius 2 is 2.77 bits per heavy atom. The summed E-state index contributed by atoms with van der Waals surface area (Å²) in [6.07, 6.45) is 4.29. The van der Waals surface area contributed by atoms with Crippen LogP contribution in [0.3, 0.4) is 0 Å². The van der Waals surface area contributed by atoms with Gasteiger partial charge >= 0.3 is 0 Å². The maximum Gasteiger partial charge on any atom is 0.220 e. The number of nitrogens with one attached hydrogen (secondary N) is 1. The molecule has 0 saturated carbocycles. The molecule has 1 saturated heterocycles. The summed E-state index contributed by atoms with van der Waals surface area (Å²) >= 11 is 0. The number of hydrogen-bond acceptors (Lipinski definition) is 2. The Morgan fingerprint density at radius 1 is 1.85 bits per heavy atom. The molecule has 70 valence electrons. The van der Waals surface area contributed by atoms with Crippen LogP contribution < -0.4 is 5.32 Å². The molecule has 0 bridgehead atoms. The lowest BCUT2D eigenvalue weighted by molar-refractivity contribution is -0.122. The molecule has 0 aromatic carbocycles. The first-order chi connectivity index (χ1) is 7.47. The molecular weight excluding hydrogens is 166 g/mol. The minimum atomic E-state index is -2.24. The van der Waals surface area contributed by atoms with Crippen molar-refractivity contribution in [1.29, 1.82) is 0 Å². The Labute approximate surface area is 81.1 Å². The molecule has 0 spiro atoms. The molecule has 1 N–H and O–H groups in total. The molecule has 0 aliphatic carbocycles. The average molecular weight is 182 g/mol. The average Bonchev–Trinajstić information content (AvgIpc) is 2.65. The van der Waals surface area contributed by atoms with Crippen LogP contribution in [0.25, 0.3) is 0 Å². The van der Waals surface area contributed by atoms with Gasteiger partial charge < -0.3 is 5.32 Å². The number of carbonyl (C=O) groups is 1. The number of hydrogen-bond donors (Lipinski definition) is 1. The summed E-state index contributed by atoms with van der Waals surface area (Å²) in [6, 6.07) is 0. The normalized spacial score (nSPS) is 27.2. The summed E-state index contributed by atoms with van der Waals surface area (Å²) in [5.74, 6) is 0.0998. The van der Waals surface area contributed by atoms with Crippen molar-refractivity contribution in [2.75, 3.05) is 6.54 Å². The zero-order valence-corrected chi connectivity index (χ0v) is 7.16. The number of nitrogens with zero attached hydrogens (tertiary/aromatic N) is 2.